The highest BCUT2D eigenvalue weighted by Crippen LogP contribution is 2.27. The number of hydrogen-bond acceptors (Lipinski definition) is 5. The smallest absolute Gasteiger partial charge is 0.383 e. The number of aryl methyl sites for hydroxylation is 1. The Kier molecular flexibility index (Phi) is 5.50. The van der Waals surface area contributed by atoms with E-state index in [-0.39, 0.29) is 16.3 Å². The van der Waals surface area contributed by atoms with E-state index in [0.717, 1.165) is 0 Å². The van der Waals surface area contributed by atoms with Crippen LogP contribution in [0.15, 0.2) is 40.5 Å². The molecular weight excluding hydrogens is 405 g/mol. The van der Waals surface area contributed by atoms with Crippen LogP contribution in [0.3, 0.4) is 0 Å². The van der Waals surface area contributed by atoms with Gasteiger partial charge in [-0.05, 0) is 31.2 Å². The topological polar surface area (TPSA) is 72.9 Å². The van der Waals surface area contributed by atoms with Crippen molar-refractivity contribution < 1.29 is 18.3 Å². The predicted molar refractivity (Wildman–Crippen MR) is 96.6 cm³/mol. The van der Waals surface area contributed by atoms with Crippen LogP contribution < -0.4 is 5.56 Å². The Morgan fingerprint density at radius 1 is 1.30 bits per heavy atom. The molecule has 3 rings (SSSR count). The zero-order chi connectivity index (χ0) is 19.8. The molecule has 1 atom stereocenters. The predicted octanol–water partition coefficient (Wildman–Crippen LogP) is 3.27. The van der Waals surface area contributed by atoms with Crippen molar-refractivity contribution in [1.29, 1.82) is 0 Å². The Morgan fingerprint density at radius 3 is 2.56 bits per heavy atom. The zero-order valence-corrected chi connectivity index (χ0v) is 15.5. The first kappa shape index (κ1) is 19.7. The zero-order valence-electron chi connectivity index (χ0n) is 13.9. The van der Waals surface area contributed by atoms with Crippen molar-refractivity contribution in [3.63, 3.8) is 0 Å². The van der Waals surface area contributed by atoms with Crippen LogP contribution in [0.2, 0.25) is 5.02 Å². The molecule has 0 saturated carbocycles. The van der Waals surface area contributed by atoms with E-state index in [1.807, 2.05) is 6.92 Å². The fourth-order valence-electron chi connectivity index (χ4n) is 2.37. The number of nitrogens with zero attached hydrogens (tertiary/aromatic N) is 4. The minimum absolute atomic E-state index is 0.0216. The summed E-state index contributed by atoms with van der Waals surface area (Å²) in [6, 6.07) is 6.21. The number of halogens is 4. The average molecular weight is 419 g/mol. The van der Waals surface area contributed by atoms with Crippen LogP contribution in [-0.2, 0) is 6.54 Å². The van der Waals surface area contributed by atoms with Gasteiger partial charge in [-0.2, -0.15) is 13.2 Å². The molecule has 1 unspecified atom stereocenters. The molecule has 3 aromatic rings. The molecule has 0 saturated heterocycles. The van der Waals surface area contributed by atoms with Gasteiger partial charge in [-0.3, -0.25) is 9.36 Å². The molecule has 27 heavy (non-hydrogen) atoms. The second kappa shape index (κ2) is 7.53. The molecule has 1 aromatic carbocycles. The van der Waals surface area contributed by atoms with E-state index in [4.69, 9.17) is 11.6 Å². The summed E-state index contributed by atoms with van der Waals surface area (Å²) in [7, 11) is 0. The lowest BCUT2D eigenvalue weighted by molar-refractivity contribution is -0.195. The van der Waals surface area contributed by atoms with Gasteiger partial charge >= 0.3 is 6.18 Å². The highest BCUT2D eigenvalue weighted by Gasteiger charge is 2.38. The molecule has 144 valence electrons. The summed E-state index contributed by atoms with van der Waals surface area (Å²) < 4.78 is 40.7. The molecule has 11 heteroatoms. The van der Waals surface area contributed by atoms with Crippen molar-refractivity contribution in [2.75, 3.05) is 5.75 Å². The van der Waals surface area contributed by atoms with Crippen LogP contribution in [0.5, 0.6) is 0 Å². The maximum atomic E-state index is 12.9. The van der Waals surface area contributed by atoms with Gasteiger partial charge in [0, 0.05) is 17.3 Å². The van der Waals surface area contributed by atoms with Gasteiger partial charge < -0.3 is 9.67 Å². The first-order valence-electron chi connectivity index (χ1n) is 7.83. The van der Waals surface area contributed by atoms with Gasteiger partial charge in [0.2, 0.25) is 0 Å². The normalized spacial score (nSPS) is 13.3. The minimum Gasteiger partial charge on any atom is -0.383 e. The van der Waals surface area contributed by atoms with Crippen LogP contribution in [0.1, 0.15) is 6.92 Å². The standard InChI is InChI=1S/C16H14ClF3N4O2S/c1-2-23-8-21-12-13(23)22-15(27-7-11(25)16(18,19)20)24(14(12)26)10-5-3-9(17)4-6-10/h3-6,8,11,25H,2,7H2,1H3. The summed E-state index contributed by atoms with van der Waals surface area (Å²) in [4.78, 5) is 21.3. The molecule has 0 aliphatic rings. The van der Waals surface area contributed by atoms with Gasteiger partial charge in [0.1, 0.15) is 0 Å². The second-order valence-electron chi connectivity index (χ2n) is 5.58. The summed E-state index contributed by atoms with van der Waals surface area (Å²) in [5.74, 6) is -0.699. The van der Waals surface area contributed by atoms with Gasteiger partial charge in [-0.1, -0.05) is 23.4 Å². The minimum atomic E-state index is -4.76. The summed E-state index contributed by atoms with van der Waals surface area (Å²) >= 11 is 6.51. The number of aliphatic hydroxyl groups excluding tert-OH is 1. The first-order chi connectivity index (χ1) is 12.7. The van der Waals surface area contributed by atoms with Crippen molar-refractivity contribution in [2.24, 2.45) is 0 Å². The lowest BCUT2D eigenvalue weighted by Crippen LogP contribution is -2.31. The van der Waals surface area contributed by atoms with Crippen LogP contribution in [0.25, 0.3) is 16.9 Å². The van der Waals surface area contributed by atoms with E-state index >= 15 is 0 Å². The number of fused-ring (bicyclic) bond motifs is 1. The lowest BCUT2D eigenvalue weighted by Gasteiger charge is -2.16. The third-order valence-electron chi connectivity index (χ3n) is 3.78. The maximum absolute atomic E-state index is 12.9. The molecule has 1 N–H and O–H groups in total. The van der Waals surface area contributed by atoms with Crippen LogP contribution in [0.4, 0.5) is 13.2 Å². The molecule has 0 aliphatic carbocycles. The van der Waals surface area contributed by atoms with Gasteiger partial charge in [-0.15, -0.1) is 0 Å². The van der Waals surface area contributed by atoms with Crippen molar-refractivity contribution in [3.8, 4) is 5.69 Å². The summed E-state index contributed by atoms with van der Waals surface area (Å²) in [5.41, 5.74) is 0.247. The van der Waals surface area contributed by atoms with E-state index in [1.54, 1.807) is 28.8 Å². The fourth-order valence-corrected chi connectivity index (χ4v) is 3.46. The molecule has 0 amide bonds. The average Bonchev–Trinajstić information content (AvgIpc) is 3.03. The van der Waals surface area contributed by atoms with Gasteiger partial charge in [0.05, 0.1) is 12.0 Å². The third kappa shape index (κ3) is 3.97. The SMILES string of the molecule is CCn1cnc2c(=O)n(-c3ccc(Cl)cc3)c(SCC(O)C(F)(F)F)nc21. The van der Waals surface area contributed by atoms with E-state index < -0.39 is 23.6 Å². The number of benzene rings is 1. The first-order valence-corrected chi connectivity index (χ1v) is 9.20. The summed E-state index contributed by atoms with van der Waals surface area (Å²) in [6.07, 6.45) is -5.84. The molecule has 0 bridgehead atoms. The van der Waals surface area contributed by atoms with Crippen LogP contribution in [-0.4, -0.2) is 42.2 Å². The monoisotopic (exact) mass is 418 g/mol. The molecule has 2 heterocycles. The molecule has 0 spiro atoms. The number of rotatable bonds is 5. The molecule has 0 fully saturated rings. The summed E-state index contributed by atoms with van der Waals surface area (Å²) in [6.45, 7) is 2.32. The van der Waals surface area contributed by atoms with Crippen LogP contribution in [0, 0.1) is 0 Å². The number of alkyl halides is 3. The van der Waals surface area contributed by atoms with Gasteiger partial charge in [-0.25, -0.2) is 9.97 Å². The van der Waals surface area contributed by atoms with E-state index in [1.165, 1.54) is 10.9 Å². The van der Waals surface area contributed by atoms with E-state index in [9.17, 15) is 23.1 Å². The Morgan fingerprint density at radius 2 is 1.96 bits per heavy atom. The quantitative estimate of drug-likeness (QED) is 0.508. The lowest BCUT2D eigenvalue weighted by atomic mass is 10.3. The third-order valence-corrected chi connectivity index (χ3v) is 5.05. The van der Waals surface area contributed by atoms with E-state index in [0.29, 0.717) is 29.0 Å². The molecule has 0 radical (unpaired) electrons. The van der Waals surface area contributed by atoms with Gasteiger partial charge in [0.15, 0.2) is 22.4 Å². The Bertz CT molecular complexity index is 1020. The van der Waals surface area contributed by atoms with Gasteiger partial charge in [0.25, 0.3) is 5.56 Å². The number of aromatic nitrogens is 4. The second-order valence-corrected chi connectivity index (χ2v) is 7.01. The largest absolute Gasteiger partial charge is 0.415 e. The van der Waals surface area contributed by atoms with E-state index in [2.05, 4.69) is 9.97 Å². The number of thioether (sulfide) groups is 1. The van der Waals surface area contributed by atoms with Crippen molar-refractivity contribution >= 4 is 34.5 Å². The van der Waals surface area contributed by atoms with Crippen molar-refractivity contribution in [3.05, 3.63) is 46.0 Å². The highest BCUT2D eigenvalue weighted by atomic mass is 35.5. The Labute approximate surface area is 160 Å². The number of aliphatic hydroxyl groups is 1. The van der Waals surface area contributed by atoms with Crippen LogP contribution >= 0.6 is 23.4 Å². The Balaban J connectivity index is 2.14. The van der Waals surface area contributed by atoms with Crippen molar-refractivity contribution in [1.82, 2.24) is 19.1 Å². The number of hydrogen-bond donors (Lipinski definition) is 1. The molecule has 2 aromatic heterocycles. The molecular formula is C16H14ClF3N4O2S. The molecule has 0 aliphatic heterocycles. The Hall–Kier alpha value is -2.04. The molecule has 6 nitrogen and oxygen atoms in total. The maximum Gasteiger partial charge on any atom is 0.415 e. The van der Waals surface area contributed by atoms with Crippen molar-refractivity contribution in [2.45, 2.75) is 30.9 Å². The highest BCUT2D eigenvalue weighted by molar-refractivity contribution is 7.99. The number of imidazole rings is 1. The summed E-state index contributed by atoms with van der Waals surface area (Å²) in [5, 5.41) is 9.76. The fraction of sp³-hybridized carbons (Fsp3) is 0.312.